The Labute approximate surface area is 91.9 Å². The fourth-order valence-electron chi connectivity index (χ4n) is 1.82. The van der Waals surface area contributed by atoms with E-state index in [9.17, 15) is 4.79 Å². The zero-order valence-corrected chi connectivity index (χ0v) is 8.91. The number of aliphatic hydroxyl groups excluding tert-OH is 1. The van der Waals surface area contributed by atoms with Gasteiger partial charge in [-0.1, -0.05) is 6.92 Å². The second-order valence-corrected chi connectivity index (χ2v) is 3.93. The van der Waals surface area contributed by atoms with Gasteiger partial charge in [0.1, 0.15) is 12.6 Å². The molecule has 7 nitrogen and oxygen atoms in total. The lowest BCUT2D eigenvalue weighted by atomic mass is 10.0. The molecule has 0 amide bonds. The first-order valence-electron chi connectivity index (χ1n) is 5.08. The highest BCUT2D eigenvalue weighted by Crippen LogP contribution is 2.31. The molecule has 3 atom stereocenters. The third-order valence-electron chi connectivity index (χ3n) is 2.78. The molecule has 1 aromatic heterocycles. The summed E-state index contributed by atoms with van der Waals surface area (Å²) < 4.78 is 6.82. The summed E-state index contributed by atoms with van der Waals surface area (Å²) in [4.78, 5) is 18.8. The Morgan fingerprint density at radius 1 is 1.75 bits per heavy atom. The van der Waals surface area contributed by atoms with Gasteiger partial charge in [-0.3, -0.25) is 4.57 Å². The molecule has 2 rings (SSSR count). The average molecular weight is 226 g/mol. The molecule has 7 heteroatoms. The molecule has 3 N–H and O–H groups in total. The fourth-order valence-corrected chi connectivity index (χ4v) is 1.82. The lowest BCUT2D eigenvalue weighted by molar-refractivity contribution is -0.0317. The van der Waals surface area contributed by atoms with Crippen LogP contribution in [-0.2, 0) is 4.74 Å². The summed E-state index contributed by atoms with van der Waals surface area (Å²) in [5.74, 6) is 0.144. The van der Waals surface area contributed by atoms with Crippen molar-refractivity contribution < 1.29 is 9.84 Å². The quantitative estimate of drug-likeness (QED) is 0.680. The van der Waals surface area contributed by atoms with E-state index < -0.39 is 11.9 Å². The predicted octanol–water partition coefficient (Wildman–Crippen LogP) is -0.864. The number of hydrogen-bond acceptors (Lipinski definition) is 6. The fraction of sp³-hybridized carbons (Fsp3) is 0.667. The highest BCUT2D eigenvalue weighted by molar-refractivity contribution is 5.09. The van der Waals surface area contributed by atoms with E-state index >= 15 is 0 Å². The molecule has 88 valence electrons. The van der Waals surface area contributed by atoms with Crippen LogP contribution < -0.4 is 11.4 Å². The molecule has 0 aliphatic carbocycles. The molecule has 0 bridgehead atoms. The van der Waals surface area contributed by atoms with E-state index in [1.807, 2.05) is 6.92 Å². The number of nitrogen functional groups attached to an aromatic ring is 1. The number of nitrogens with two attached hydrogens (primary N) is 1. The number of hydrogen-bond donors (Lipinski definition) is 2. The predicted molar refractivity (Wildman–Crippen MR) is 55.5 cm³/mol. The first-order valence-corrected chi connectivity index (χ1v) is 5.08. The van der Waals surface area contributed by atoms with Crippen molar-refractivity contribution in [3.8, 4) is 0 Å². The lowest BCUT2D eigenvalue weighted by Gasteiger charge is -2.13. The van der Waals surface area contributed by atoms with E-state index in [1.54, 1.807) is 0 Å². The van der Waals surface area contributed by atoms with Gasteiger partial charge in [-0.25, -0.2) is 9.78 Å². The molecule has 0 saturated carbocycles. The normalized spacial score (nSPS) is 29.5. The van der Waals surface area contributed by atoms with Crippen molar-refractivity contribution in [1.29, 1.82) is 0 Å². The van der Waals surface area contributed by atoms with E-state index in [-0.39, 0.29) is 24.6 Å². The van der Waals surface area contributed by atoms with Crippen LogP contribution in [0.4, 0.5) is 5.95 Å². The Balaban J connectivity index is 2.23. The van der Waals surface area contributed by atoms with Crippen molar-refractivity contribution in [2.24, 2.45) is 5.92 Å². The number of aromatic nitrogens is 3. The Hall–Kier alpha value is -1.47. The van der Waals surface area contributed by atoms with Gasteiger partial charge in [0, 0.05) is 0 Å². The van der Waals surface area contributed by atoms with Crippen molar-refractivity contribution in [3.63, 3.8) is 0 Å². The molecule has 0 radical (unpaired) electrons. The number of aliphatic hydroxyl groups is 1. The maximum Gasteiger partial charge on any atom is 0.354 e. The van der Waals surface area contributed by atoms with Gasteiger partial charge in [0.2, 0.25) is 5.95 Å². The van der Waals surface area contributed by atoms with Crippen molar-refractivity contribution >= 4 is 5.95 Å². The van der Waals surface area contributed by atoms with Crippen LogP contribution in [0, 0.1) is 5.92 Å². The summed E-state index contributed by atoms with van der Waals surface area (Å²) >= 11 is 0. The Kier molecular flexibility index (Phi) is 2.88. The summed E-state index contributed by atoms with van der Waals surface area (Å²) in [5.41, 5.74) is 4.81. The van der Waals surface area contributed by atoms with Crippen LogP contribution in [0.1, 0.15) is 19.6 Å². The number of anilines is 1. The molecule has 1 unspecified atom stereocenters. The van der Waals surface area contributed by atoms with Crippen molar-refractivity contribution in [3.05, 3.63) is 16.8 Å². The van der Waals surface area contributed by atoms with Crippen LogP contribution in [-0.4, -0.2) is 32.4 Å². The smallest absolute Gasteiger partial charge is 0.354 e. The summed E-state index contributed by atoms with van der Waals surface area (Å²) in [6.07, 6.45) is 1.31. The molecule has 1 aromatic rings. The largest absolute Gasteiger partial charge is 0.394 e. The van der Waals surface area contributed by atoms with Gasteiger partial charge >= 0.3 is 5.69 Å². The van der Waals surface area contributed by atoms with Crippen LogP contribution in [0.2, 0.25) is 0 Å². The van der Waals surface area contributed by atoms with Crippen molar-refractivity contribution in [2.75, 3.05) is 12.3 Å². The van der Waals surface area contributed by atoms with E-state index in [1.165, 1.54) is 10.9 Å². The number of rotatable bonds is 2. The SMILES string of the molecule is CC1C[C@H](n2cnc(N)nc2=O)O[C@@H]1CO. The zero-order valence-electron chi connectivity index (χ0n) is 8.91. The zero-order chi connectivity index (χ0) is 11.7. The molecule has 0 spiro atoms. The highest BCUT2D eigenvalue weighted by atomic mass is 16.5. The third-order valence-corrected chi connectivity index (χ3v) is 2.78. The summed E-state index contributed by atoms with van der Waals surface area (Å²) in [5, 5.41) is 9.05. The Morgan fingerprint density at radius 2 is 2.50 bits per heavy atom. The maximum atomic E-state index is 11.5. The first kappa shape index (κ1) is 11.0. The molecule has 0 aromatic carbocycles. The van der Waals surface area contributed by atoms with Crippen molar-refractivity contribution in [1.82, 2.24) is 14.5 Å². The molecular formula is C9H14N4O3. The first-order chi connectivity index (χ1) is 7.61. The van der Waals surface area contributed by atoms with Crippen LogP contribution in [0.25, 0.3) is 0 Å². The Bertz CT molecular complexity index is 433. The van der Waals surface area contributed by atoms with Gasteiger partial charge in [-0.05, 0) is 12.3 Å². The third kappa shape index (κ3) is 1.91. The Morgan fingerprint density at radius 3 is 3.06 bits per heavy atom. The maximum absolute atomic E-state index is 11.5. The van der Waals surface area contributed by atoms with Gasteiger partial charge in [-0.15, -0.1) is 0 Å². The van der Waals surface area contributed by atoms with Crippen LogP contribution in [0.3, 0.4) is 0 Å². The summed E-state index contributed by atoms with van der Waals surface area (Å²) in [7, 11) is 0. The van der Waals surface area contributed by atoms with E-state index in [2.05, 4.69) is 9.97 Å². The van der Waals surface area contributed by atoms with E-state index in [4.69, 9.17) is 15.6 Å². The lowest BCUT2D eigenvalue weighted by Crippen LogP contribution is -2.28. The monoisotopic (exact) mass is 226 g/mol. The van der Waals surface area contributed by atoms with Gasteiger partial charge in [0.05, 0.1) is 12.7 Å². The molecule has 1 saturated heterocycles. The average Bonchev–Trinajstić information content (AvgIpc) is 2.59. The van der Waals surface area contributed by atoms with Gasteiger partial charge < -0.3 is 15.6 Å². The number of nitrogens with zero attached hydrogens (tertiary/aromatic N) is 3. The van der Waals surface area contributed by atoms with Crippen LogP contribution in [0.5, 0.6) is 0 Å². The molecule has 1 aliphatic heterocycles. The minimum absolute atomic E-state index is 0.0500. The molecule has 2 heterocycles. The summed E-state index contributed by atoms with van der Waals surface area (Å²) in [6, 6.07) is 0. The van der Waals surface area contributed by atoms with E-state index in [0.717, 1.165) is 0 Å². The van der Waals surface area contributed by atoms with Gasteiger partial charge in [0.25, 0.3) is 0 Å². The second-order valence-electron chi connectivity index (χ2n) is 3.93. The molecule has 1 fully saturated rings. The van der Waals surface area contributed by atoms with E-state index in [0.29, 0.717) is 6.42 Å². The van der Waals surface area contributed by atoms with Gasteiger partial charge in [-0.2, -0.15) is 4.98 Å². The molecule has 16 heavy (non-hydrogen) atoms. The van der Waals surface area contributed by atoms with Crippen LogP contribution in [0.15, 0.2) is 11.1 Å². The second kappa shape index (κ2) is 4.18. The number of ether oxygens (including phenoxy) is 1. The minimum atomic E-state index is -0.483. The molecular weight excluding hydrogens is 212 g/mol. The van der Waals surface area contributed by atoms with Crippen molar-refractivity contribution in [2.45, 2.75) is 25.7 Å². The summed E-state index contributed by atoms with van der Waals surface area (Å²) in [6.45, 7) is 1.91. The topological polar surface area (TPSA) is 103 Å². The minimum Gasteiger partial charge on any atom is -0.394 e. The standard InChI is InChI=1S/C9H14N4O3/c1-5-2-7(16-6(5)3-14)13-4-11-8(10)12-9(13)15/h4-7,14H,2-3H2,1H3,(H2,10,12,15)/t5?,6-,7-/m1/s1. The van der Waals surface area contributed by atoms with Gasteiger partial charge in [0.15, 0.2) is 0 Å². The highest BCUT2D eigenvalue weighted by Gasteiger charge is 2.33. The van der Waals surface area contributed by atoms with Crippen LogP contribution >= 0.6 is 0 Å². The molecule has 1 aliphatic rings.